The van der Waals surface area contributed by atoms with Crippen LogP contribution in [0.5, 0.6) is 0 Å². The molecule has 0 N–H and O–H groups in total. The van der Waals surface area contributed by atoms with Crippen molar-refractivity contribution >= 4 is 17.4 Å². The van der Waals surface area contributed by atoms with E-state index in [2.05, 4.69) is 0 Å². The molecular formula is AlCl2Zn+3. The van der Waals surface area contributed by atoms with Gasteiger partial charge in [0.05, 0.1) is 0 Å². The summed E-state index contributed by atoms with van der Waals surface area (Å²) in [6, 6.07) is 0. The van der Waals surface area contributed by atoms with Crippen LogP contribution in [0, 0.1) is 0 Å². The summed E-state index contributed by atoms with van der Waals surface area (Å²) in [4.78, 5) is 0. The molecule has 0 amide bonds. The second-order valence-corrected chi connectivity index (χ2v) is 0. The van der Waals surface area contributed by atoms with E-state index in [1.165, 1.54) is 0 Å². The quantitative estimate of drug-likeness (QED) is 0.312. The van der Waals surface area contributed by atoms with Crippen molar-refractivity contribution in [2.45, 2.75) is 0 Å². The van der Waals surface area contributed by atoms with Gasteiger partial charge < -0.3 is 24.8 Å². The van der Waals surface area contributed by atoms with E-state index in [1.54, 1.807) is 0 Å². The molecule has 0 aliphatic rings. The second kappa shape index (κ2) is 21.9. The monoisotopic (exact) mass is 161 g/mol. The van der Waals surface area contributed by atoms with E-state index in [9.17, 15) is 0 Å². The largest absolute Gasteiger partial charge is 3.00 e. The molecule has 0 atom stereocenters. The topological polar surface area (TPSA) is 0 Å². The molecule has 0 rings (SSSR count). The Morgan fingerprint density at radius 2 is 0.750 bits per heavy atom. The minimum atomic E-state index is 0. The predicted octanol–water partition coefficient (Wildman–Crippen LogP) is -6.38. The first-order valence-corrected chi connectivity index (χ1v) is 0. The zero-order chi connectivity index (χ0) is 0. The van der Waals surface area contributed by atoms with Gasteiger partial charge in [0.1, 0.15) is 0 Å². The van der Waals surface area contributed by atoms with E-state index < -0.39 is 0 Å². The Bertz CT molecular complexity index is 6.00. The van der Waals surface area contributed by atoms with E-state index in [0.717, 1.165) is 0 Å². The molecule has 0 nitrogen and oxygen atoms in total. The minimum absolute atomic E-state index is 0. The first-order valence-electron chi connectivity index (χ1n) is 0. The van der Waals surface area contributed by atoms with Crippen molar-refractivity contribution in [2.24, 2.45) is 0 Å². The fourth-order valence-corrected chi connectivity index (χ4v) is 0. The number of hydrogen-bond donors (Lipinski definition) is 0. The van der Waals surface area contributed by atoms with Gasteiger partial charge in [0.15, 0.2) is 0 Å². The smallest absolute Gasteiger partial charge is 1.00 e. The molecule has 0 unspecified atom stereocenters. The molecule has 0 aliphatic heterocycles. The van der Waals surface area contributed by atoms with Gasteiger partial charge in [0.2, 0.25) is 0 Å². The molecule has 4 heavy (non-hydrogen) atoms. The van der Waals surface area contributed by atoms with Gasteiger partial charge in [-0.25, -0.2) is 0 Å². The predicted molar refractivity (Wildman–Crippen MR) is 5.75 cm³/mol. The maximum absolute atomic E-state index is 0. The van der Waals surface area contributed by atoms with Crippen LogP contribution in [0.15, 0.2) is 0 Å². The molecule has 0 aromatic heterocycles. The second-order valence-electron chi connectivity index (χ2n) is 0. The Balaban J connectivity index is 0. The standard InChI is InChI=1S/Al.2ClH.Zn/h;2*1H;/q+3;;;+2/p-2. The zero-order valence-electron chi connectivity index (χ0n) is 2.04. The third-order valence-electron chi connectivity index (χ3n) is 0. The van der Waals surface area contributed by atoms with Gasteiger partial charge in [-0.15, -0.1) is 0 Å². The van der Waals surface area contributed by atoms with Crippen LogP contribution in [0.3, 0.4) is 0 Å². The molecule has 0 saturated carbocycles. The SMILES string of the molecule is [Al+3].[Cl-].[Cl-].[Zn+2]. The van der Waals surface area contributed by atoms with E-state index in [0.29, 0.717) is 0 Å². The Morgan fingerprint density at radius 1 is 0.750 bits per heavy atom. The minimum Gasteiger partial charge on any atom is -1.00 e. The van der Waals surface area contributed by atoms with Crippen molar-refractivity contribution in [1.82, 2.24) is 0 Å². The molecular weight excluding hydrogens is 163 g/mol. The van der Waals surface area contributed by atoms with E-state index in [-0.39, 0.29) is 61.7 Å². The fraction of sp³-hybridized carbons (Fsp3) is 0. The summed E-state index contributed by atoms with van der Waals surface area (Å²) in [6.07, 6.45) is 0. The van der Waals surface area contributed by atoms with Gasteiger partial charge in [0.25, 0.3) is 0 Å². The van der Waals surface area contributed by atoms with Gasteiger partial charge >= 0.3 is 36.8 Å². The van der Waals surface area contributed by atoms with Crippen LogP contribution in [0.4, 0.5) is 0 Å². The van der Waals surface area contributed by atoms with Gasteiger partial charge in [-0.05, 0) is 0 Å². The fourth-order valence-electron chi connectivity index (χ4n) is 0. The van der Waals surface area contributed by atoms with Gasteiger partial charge in [-0.3, -0.25) is 0 Å². The first-order chi connectivity index (χ1) is 0. The Hall–Kier alpha value is 1.74. The maximum atomic E-state index is 0. The molecule has 0 heterocycles. The van der Waals surface area contributed by atoms with Crippen molar-refractivity contribution in [3.8, 4) is 0 Å². The summed E-state index contributed by atoms with van der Waals surface area (Å²) < 4.78 is 0. The number of hydrogen-bond acceptors (Lipinski definition) is 0. The van der Waals surface area contributed by atoms with Crippen LogP contribution < -0.4 is 24.8 Å². The Kier molecular flexibility index (Phi) is 234. The van der Waals surface area contributed by atoms with Crippen molar-refractivity contribution in [3.05, 3.63) is 0 Å². The molecule has 0 aromatic carbocycles. The molecule has 0 saturated heterocycles. The zero-order valence-corrected chi connectivity index (χ0v) is 7.67. The average Bonchev–Trinajstić information content (AvgIpc) is 0. The summed E-state index contributed by atoms with van der Waals surface area (Å²) in [5.74, 6) is 0. The maximum Gasteiger partial charge on any atom is 3.00 e. The number of rotatable bonds is 0. The molecule has 0 radical (unpaired) electrons. The van der Waals surface area contributed by atoms with Crippen LogP contribution >= 0.6 is 0 Å². The summed E-state index contributed by atoms with van der Waals surface area (Å²) in [5, 5.41) is 0. The van der Waals surface area contributed by atoms with E-state index >= 15 is 0 Å². The molecule has 4 heteroatoms. The van der Waals surface area contributed by atoms with Crippen LogP contribution in [0.2, 0.25) is 0 Å². The van der Waals surface area contributed by atoms with Gasteiger partial charge in [0, 0.05) is 0 Å². The molecule has 0 aromatic rings. The molecule has 0 spiro atoms. The molecule has 16 valence electrons. The Labute approximate surface area is 61.4 Å². The van der Waals surface area contributed by atoms with Crippen LogP contribution in [-0.4, -0.2) is 17.4 Å². The molecule has 0 aliphatic carbocycles. The summed E-state index contributed by atoms with van der Waals surface area (Å²) in [7, 11) is 0. The van der Waals surface area contributed by atoms with Crippen molar-refractivity contribution in [1.29, 1.82) is 0 Å². The van der Waals surface area contributed by atoms with Crippen molar-refractivity contribution < 1.29 is 44.3 Å². The average molecular weight is 163 g/mol. The Morgan fingerprint density at radius 3 is 0.750 bits per heavy atom. The summed E-state index contributed by atoms with van der Waals surface area (Å²) in [5.41, 5.74) is 0. The normalized spacial score (nSPS) is 0. The number of halogens is 2. The first kappa shape index (κ1) is 42.7. The third kappa shape index (κ3) is 9.28. The van der Waals surface area contributed by atoms with Crippen LogP contribution in [0.25, 0.3) is 0 Å². The third-order valence-corrected chi connectivity index (χ3v) is 0. The van der Waals surface area contributed by atoms with E-state index in [4.69, 9.17) is 0 Å². The summed E-state index contributed by atoms with van der Waals surface area (Å²) >= 11 is 0. The van der Waals surface area contributed by atoms with Crippen molar-refractivity contribution in [2.75, 3.05) is 0 Å². The summed E-state index contributed by atoms with van der Waals surface area (Å²) in [6.45, 7) is 0. The van der Waals surface area contributed by atoms with Gasteiger partial charge in [-0.2, -0.15) is 0 Å². The molecule has 0 fully saturated rings. The molecule has 0 bridgehead atoms. The van der Waals surface area contributed by atoms with Gasteiger partial charge in [-0.1, -0.05) is 0 Å². The van der Waals surface area contributed by atoms with Crippen LogP contribution in [-0.2, 0) is 19.5 Å². The van der Waals surface area contributed by atoms with E-state index in [1.807, 2.05) is 0 Å². The van der Waals surface area contributed by atoms with Crippen molar-refractivity contribution in [3.63, 3.8) is 0 Å². The van der Waals surface area contributed by atoms with Crippen LogP contribution in [0.1, 0.15) is 0 Å².